The first kappa shape index (κ1) is 43.5. The van der Waals surface area contributed by atoms with Crippen molar-refractivity contribution in [1.29, 1.82) is 10.5 Å². The minimum absolute atomic E-state index is 0.0581. The van der Waals surface area contributed by atoms with Gasteiger partial charge in [-0.05, 0) is 71.0 Å². The molecular weight excluding hydrogens is 733 g/mol. The molecule has 17 heteroatoms. The van der Waals surface area contributed by atoms with Crippen LogP contribution in [-0.2, 0) is 19.1 Å². The van der Waals surface area contributed by atoms with E-state index in [1.54, 1.807) is 44.1 Å². The number of piperidine rings is 2. The number of H-pyrrole nitrogens is 2. The number of aromatic amines is 2. The van der Waals surface area contributed by atoms with Crippen LogP contribution in [-0.4, -0.2) is 105 Å². The number of aliphatic carboxylic acids is 1. The van der Waals surface area contributed by atoms with E-state index in [0.717, 1.165) is 48.0 Å². The van der Waals surface area contributed by atoms with Crippen LogP contribution in [0.15, 0.2) is 36.9 Å². The predicted octanol–water partition coefficient (Wildman–Crippen LogP) is 4.93. The summed E-state index contributed by atoms with van der Waals surface area (Å²) in [6, 6.07) is 7.60. The van der Waals surface area contributed by atoms with Gasteiger partial charge in [0.25, 0.3) is 0 Å². The maximum Gasteiger partial charge on any atom is 0.341 e. The lowest BCUT2D eigenvalue weighted by Crippen LogP contribution is -2.50. The summed E-state index contributed by atoms with van der Waals surface area (Å²) < 4.78 is 10.4. The van der Waals surface area contributed by atoms with Gasteiger partial charge < -0.3 is 45.4 Å². The van der Waals surface area contributed by atoms with Crippen LogP contribution in [0.5, 0.6) is 0 Å². The van der Waals surface area contributed by atoms with Gasteiger partial charge in [-0.1, -0.05) is 13.8 Å². The standard InChI is InChI=1S/C20H25N5O3.C16H22N4O2.C4H5NO2/c1-4-28-20(27)15-10-23-18-14(5-7-22-18)17(15)24-16-11-25(8-6-12(16)2)19(26)13(3)9-21;1-3-22-16(21)12-8-19-15-11(5-7-18-15)14(12)20-13-9-17-6-4-10(13)2;1-3(2-5)4(6)7/h5,7,10,12-13,16H,4,6,8,11H2,1-3H3,(H2,22,23,24);5,7-8,10,13,17H,3-4,6,9H2,1-2H3,(H2,18,19,20);3H,1H3,(H,6,7)/t12-,13?,16+;10-,13+;/m11./s1. The first-order valence-corrected chi connectivity index (χ1v) is 19.2. The van der Waals surface area contributed by atoms with Crippen LogP contribution >= 0.6 is 0 Å². The Hall–Kier alpha value is -6.20. The summed E-state index contributed by atoms with van der Waals surface area (Å²) in [7, 11) is 0. The number of esters is 2. The van der Waals surface area contributed by atoms with Crippen LogP contribution in [0.2, 0.25) is 0 Å². The van der Waals surface area contributed by atoms with Gasteiger partial charge in [0.2, 0.25) is 5.91 Å². The molecule has 0 radical (unpaired) electrons. The number of carbonyl (C=O) groups excluding carboxylic acids is 3. The maximum atomic E-state index is 12.5. The molecule has 2 fully saturated rings. The van der Waals surface area contributed by atoms with E-state index < -0.39 is 23.8 Å². The topological polar surface area (TPSA) is 251 Å². The van der Waals surface area contributed by atoms with Crippen molar-refractivity contribution in [2.75, 3.05) is 50.0 Å². The summed E-state index contributed by atoms with van der Waals surface area (Å²) in [6.07, 6.45) is 8.63. The van der Waals surface area contributed by atoms with E-state index in [1.807, 2.05) is 24.4 Å². The molecule has 6 N–H and O–H groups in total. The molecule has 2 aliphatic rings. The van der Waals surface area contributed by atoms with Crippen molar-refractivity contribution in [2.24, 2.45) is 23.7 Å². The Morgan fingerprint density at radius 3 is 1.82 bits per heavy atom. The number of carboxylic acids is 1. The summed E-state index contributed by atoms with van der Waals surface area (Å²) >= 11 is 0. The second-order valence-corrected chi connectivity index (χ2v) is 14.1. The highest BCUT2D eigenvalue weighted by atomic mass is 16.5. The zero-order valence-corrected chi connectivity index (χ0v) is 33.2. The quantitative estimate of drug-likeness (QED) is 0.117. The van der Waals surface area contributed by atoms with Crippen molar-refractivity contribution < 1.29 is 33.8 Å². The molecule has 1 amide bonds. The molecule has 304 valence electrons. The average Bonchev–Trinajstić information content (AvgIpc) is 3.90. The number of nitrogens with one attached hydrogen (secondary N) is 5. The fourth-order valence-electron chi connectivity index (χ4n) is 6.45. The molecular formula is C40H52N10O7. The number of aromatic nitrogens is 4. The summed E-state index contributed by atoms with van der Waals surface area (Å²) in [5, 5.41) is 37.0. The van der Waals surface area contributed by atoms with Crippen molar-refractivity contribution in [1.82, 2.24) is 30.2 Å². The van der Waals surface area contributed by atoms with Gasteiger partial charge in [0.1, 0.15) is 34.3 Å². The van der Waals surface area contributed by atoms with Crippen LogP contribution < -0.4 is 16.0 Å². The number of hydrogen-bond acceptors (Lipinski definition) is 13. The maximum absolute atomic E-state index is 12.5. The molecule has 4 aromatic heterocycles. The molecule has 2 unspecified atom stereocenters. The number of amides is 1. The van der Waals surface area contributed by atoms with E-state index in [-0.39, 0.29) is 30.6 Å². The molecule has 2 saturated heterocycles. The van der Waals surface area contributed by atoms with Crippen molar-refractivity contribution in [3.63, 3.8) is 0 Å². The first-order valence-electron chi connectivity index (χ1n) is 19.2. The first-order chi connectivity index (χ1) is 27.3. The zero-order chi connectivity index (χ0) is 41.6. The second-order valence-electron chi connectivity index (χ2n) is 14.1. The van der Waals surface area contributed by atoms with Crippen LogP contribution in [0.25, 0.3) is 22.1 Å². The summed E-state index contributed by atoms with van der Waals surface area (Å²) in [5.74, 6) is -2.71. The number of nitrogens with zero attached hydrogens (tertiary/aromatic N) is 5. The van der Waals surface area contributed by atoms with Gasteiger partial charge >= 0.3 is 17.9 Å². The summed E-state index contributed by atoms with van der Waals surface area (Å²) in [5.41, 5.74) is 3.77. The molecule has 0 spiro atoms. The number of carbonyl (C=O) groups is 4. The Kier molecular flexibility index (Phi) is 15.8. The molecule has 57 heavy (non-hydrogen) atoms. The Morgan fingerprint density at radius 2 is 1.37 bits per heavy atom. The highest BCUT2D eigenvalue weighted by molar-refractivity contribution is 6.05. The minimum atomic E-state index is -1.07. The molecule has 2 aliphatic heterocycles. The molecule has 0 aromatic carbocycles. The van der Waals surface area contributed by atoms with E-state index in [9.17, 15) is 19.2 Å². The Labute approximate surface area is 331 Å². The third kappa shape index (κ3) is 11.0. The van der Waals surface area contributed by atoms with Crippen LogP contribution in [0, 0.1) is 46.3 Å². The number of carboxylic acid groups (broad SMARTS) is 1. The van der Waals surface area contributed by atoms with Gasteiger partial charge in [-0.3, -0.25) is 9.59 Å². The lowest BCUT2D eigenvalue weighted by molar-refractivity contribution is -0.139. The minimum Gasteiger partial charge on any atom is -0.480 e. The van der Waals surface area contributed by atoms with Gasteiger partial charge in [0, 0.05) is 67.3 Å². The SMILES string of the molecule is CC(C#N)C(=O)O.CCOC(=O)c1cnc2[nH]ccc2c1N[C@H]1CN(C(=O)C(C)C#N)CC[C@H]1C.CCOC(=O)c1cnc2[nH]ccc2c1N[C@H]1CNCC[C@H]1C. The Bertz CT molecular complexity index is 2100. The molecule has 4 aromatic rings. The number of rotatable bonds is 10. The third-order valence-electron chi connectivity index (χ3n) is 10.0. The van der Waals surface area contributed by atoms with Gasteiger partial charge in [0.05, 0.1) is 36.7 Å². The molecule has 6 heterocycles. The number of nitriles is 2. The van der Waals surface area contributed by atoms with E-state index >= 15 is 0 Å². The lowest BCUT2D eigenvalue weighted by Gasteiger charge is -2.38. The highest BCUT2D eigenvalue weighted by Gasteiger charge is 2.32. The fraction of sp³-hybridized carbons (Fsp3) is 0.500. The highest BCUT2D eigenvalue weighted by Crippen LogP contribution is 2.31. The normalized spacial score (nSPS) is 19.9. The van der Waals surface area contributed by atoms with E-state index in [2.05, 4.69) is 49.7 Å². The number of fused-ring (bicyclic) bond motifs is 2. The number of anilines is 2. The number of hydrogen-bond donors (Lipinski definition) is 6. The second kappa shape index (κ2) is 20.6. The summed E-state index contributed by atoms with van der Waals surface area (Å²) in [6.45, 7) is 14.5. The van der Waals surface area contributed by atoms with E-state index in [4.69, 9.17) is 25.1 Å². The molecule has 0 aliphatic carbocycles. The Balaban J connectivity index is 0.000000221. The third-order valence-corrected chi connectivity index (χ3v) is 10.0. The molecule has 6 atom stereocenters. The lowest BCUT2D eigenvalue weighted by atomic mass is 9.92. The van der Waals surface area contributed by atoms with E-state index in [0.29, 0.717) is 54.0 Å². The Morgan fingerprint density at radius 1 is 0.860 bits per heavy atom. The number of ether oxygens (including phenoxy) is 2. The smallest absolute Gasteiger partial charge is 0.341 e. The van der Waals surface area contributed by atoms with Gasteiger partial charge in [0.15, 0.2) is 0 Å². The predicted molar refractivity (Wildman–Crippen MR) is 213 cm³/mol. The fourth-order valence-corrected chi connectivity index (χ4v) is 6.45. The van der Waals surface area contributed by atoms with E-state index in [1.165, 1.54) is 13.1 Å². The zero-order valence-electron chi connectivity index (χ0n) is 33.2. The van der Waals surface area contributed by atoms with Crippen LogP contribution in [0.3, 0.4) is 0 Å². The van der Waals surface area contributed by atoms with Crippen LogP contribution in [0.1, 0.15) is 75.1 Å². The average molecular weight is 785 g/mol. The van der Waals surface area contributed by atoms with Crippen molar-refractivity contribution >= 4 is 57.3 Å². The molecule has 0 saturated carbocycles. The van der Waals surface area contributed by atoms with Crippen molar-refractivity contribution in [2.45, 2.75) is 66.5 Å². The van der Waals surface area contributed by atoms with Gasteiger partial charge in [-0.15, -0.1) is 0 Å². The van der Waals surface area contributed by atoms with Crippen LogP contribution in [0.4, 0.5) is 11.4 Å². The summed E-state index contributed by atoms with van der Waals surface area (Å²) in [4.78, 5) is 63.3. The molecule has 6 rings (SSSR count). The molecule has 0 bridgehead atoms. The van der Waals surface area contributed by atoms with Crippen molar-refractivity contribution in [3.8, 4) is 12.1 Å². The number of likely N-dealkylation sites (tertiary alicyclic amines) is 1. The van der Waals surface area contributed by atoms with Gasteiger partial charge in [-0.25, -0.2) is 19.6 Å². The monoisotopic (exact) mass is 784 g/mol. The van der Waals surface area contributed by atoms with Gasteiger partial charge in [-0.2, -0.15) is 10.5 Å². The molecule has 17 nitrogen and oxygen atoms in total. The van der Waals surface area contributed by atoms with Crippen molar-refractivity contribution in [3.05, 3.63) is 48.0 Å². The number of pyridine rings is 2. The largest absolute Gasteiger partial charge is 0.480 e.